The van der Waals surface area contributed by atoms with Crippen molar-refractivity contribution in [1.29, 1.82) is 0 Å². The van der Waals surface area contributed by atoms with E-state index in [-0.39, 0.29) is 101 Å². The summed E-state index contributed by atoms with van der Waals surface area (Å²) in [6.07, 6.45) is -5.70. The Morgan fingerprint density at radius 1 is 0.232 bits per heavy atom. The van der Waals surface area contributed by atoms with Crippen molar-refractivity contribution in [3.05, 3.63) is 356 Å². The monoisotopic (exact) mass is 1910 g/mol. The average molecular weight is 1910 g/mol. The van der Waals surface area contributed by atoms with Gasteiger partial charge < -0.3 is 55.8 Å². The van der Waals surface area contributed by atoms with E-state index >= 15 is 0 Å². The summed E-state index contributed by atoms with van der Waals surface area (Å²) in [7, 11) is 6.06. The molecule has 0 saturated carbocycles. The SMILES string of the molecule is [2H]C([2H])(C(=O)N(C)C)c1c(-c2ccc(C)cc2)nc2ccc(C)cn12.[2H]C([2H])([2H])c1ccc2nc(-c3ccc(C)cc3)c(C([2H])([2H])C(=O)N(C)C)n2c1.[2H]c1c([2H])c(-c2nc3ccc(C([2H])([2H])[2H])cn3c2C([2H])C(=O)N(C([2H])([2H])[2H])C([2H])([2H])[2H])c([2H])c([2H])c1C.[2H]c1c([2H])c(-c2nc3ccc(C)cn3c2C([2H])C(=O)N(C([2H])([2H])[2H])C([2H])([2H])[2H])c([2H])c([2H])c1C.[2H]c1c([2H])c(C([2H])([2H])[2H])c([2H])c([2H])c1-c1nc2ccc(C([2H])([2H])[2H])cn2c1C([2H])C(=O)N(C([2H])([2H])[2H])C([2H])([2H])[2H].[2H]c1c([2H])c(C([2H])([2H])[2H])c([2H])c([2H])c1-c1nc2ccc(C)cn2c1C([2H])C(=O)N(C([2H])([2H])[2H])C([2H])([2H])[2H]. The van der Waals surface area contributed by atoms with Crippen LogP contribution in [0.5, 0.6) is 0 Å². The Labute approximate surface area is 897 Å². The maximum atomic E-state index is 13.3. The number of benzene rings is 6. The molecule has 0 N–H and O–H groups in total. The molecular weight excluding hydrogens is 1720 g/mol. The first-order valence-electron chi connectivity index (χ1n) is 72.8. The first-order valence-corrected chi connectivity index (χ1v) is 41.0. The summed E-state index contributed by atoms with van der Waals surface area (Å²) in [6.45, 7) is -29.4. The fraction of sp³-hybridized carbons (Fsp3) is 0.263. The number of hydrogen-bond acceptors (Lipinski definition) is 12. The highest BCUT2D eigenvalue weighted by Crippen LogP contribution is 2.34. The number of carbonyl (C=O) groups excluding carboxylic acids is 6. The van der Waals surface area contributed by atoms with E-state index in [0.29, 0.717) is 39.4 Å². The summed E-state index contributed by atoms with van der Waals surface area (Å²) in [5.41, 5.74) is 0.259. The van der Waals surface area contributed by atoms with Crippen LogP contribution >= 0.6 is 0 Å². The predicted octanol–water partition coefficient (Wildman–Crippen LogP) is 19.5. The summed E-state index contributed by atoms with van der Waals surface area (Å²) in [5, 5.41) is 0. The fourth-order valence-electron chi connectivity index (χ4n) is 13.0. The maximum absolute atomic E-state index is 13.3. The van der Waals surface area contributed by atoms with Gasteiger partial charge in [-0.3, -0.25) is 28.8 Å². The summed E-state index contributed by atoms with van der Waals surface area (Å²) in [4.78, 5) is 105. The van der Waals surface area contributed by atoms with Crippen molar-refractivity contribution in [3.8, 4) is 67.5 Å². The molecule has 0 spiro atoms. The lowest BCUT2D eigenvalue weighted by atomic mass is 10.1. The number of rotatable bonds is 18. The molecular formula is C114H126N18O6. The molecule has 12 aromatic heterocycles. The van der Waals surface area contributed by atoms with Crippen molar-refractivity contribution in [2.24, 2.45) is 0 Å². The lowest BCUT2D eigenvalue weighted by Gasteiger charge is -2.11. The van der Waals surface area contributed by atoms with Gasteiger partial charge in [-0.05, 0) is 153 Å². The van der Waals surface area contributed by atoms with Crippen molar-refractivity contribution in [2.45, 2.75) is 121 Å². The molecule has 4 unspecified atom stereocenters. The van der Waals surface area contributed by atoms with Crippen molar-refractivity contribution in [3.63, 3.8) is 0 Å². The Balaban J connectivity index is 0.000000195. The molecule has 18 aromatic rings. The van der Waals surface area contributed by atoms with Crippen LogP contribution in [0.25, 0.3) is 101 Å². The molecule has 18 rings (SSSR count). The quantitative estimate of drug-likeness (QED) is 0.0782. The number of fused-ring (bicyclic) bond motifs is 6. The third-order valence-electron chi connectivity index (χ3n) is 19.8. The van der Waals surface area contributed by atoms with Gasteiger partial charge >= 0.3 is 0 Å². The van der Waals surface area contributed by atoms with E-state index in [1.165, 1.54) is 106 Å². The van der Waals surface area contributed by atoms with Gasteiger partial charge in [-0.25, -0.2) is 29.9 Å². The van der Waals surface area contributed by atoms with Crippen LogP contribution in [0.3, 0.4) is 0 Å². The van der Waals surface area contributed by atoms with Crippen LogP contribution in [0, 0.1) is 82.7 Å². The molecule has 24 heteroatoms. The summed E-state index contributed by atoms with van der Waals surface area (Å²) in [5.74, 6) is -8.02. The summed E-state index contributed by atoms with van der Waals surface area (Å²) < 4.78 is 504. The normalized spacial score (nSPS) is 19.9. The molecule has 4 atom stereocenters. The molecule has 12 heterocycles. The summed E-state index contributed by atoms with van der Waals surface area (Å²) in [6, 6.07) is 22.1. The number of nitrogens with zero attached hydrogens (tertiary/aromatic N) is 18. The van der Waals surface area contributed by atoms with E-state index in [1.54, 1.807) is 44.5 Å². The van der Waals surface area contributed by atoms with Crippen molar-refractivity contribution in [2.75, 3.05) is 84.0 Å². The number of imidazole rings is 6. The Morgan fingerprint density at radius 3 is 0.645 bits per heavy atom. The maximum Gasteiger partial charge on any atom is 0.228 e. The Hall–Kier alpha value is -15.7. The second-order valence-electron chi connectivity index (χ2n) is 30.9. The van der Waals surface area contributed by atoms with Crippen LogP contribution in [-0.2, 0) is 67.1 Å². The van der Waals surface area contributed by atoms with Crippen LogP contribution in [0.1, 0.15) is 187 Å². The van der Waals surface area contributed by atoms with Gasteiger partial charge in [0.15, 0.2) is 0 Å². The number of amides is 6. The molecule has 0 radical (unpaired) electrons. The number of aromatic nitrogens is 12. The van der Waals surface area contributed by atoms with Gasteiger partial charge in [-0.2, -0.15) is 0 Å². The average Bonchev–Trinajstić information content (AvgIpc) is 1.61. The molecule has 0 saturated heterocycles. The lowest BCUT2D eigenvalue weighted by Crippen LogP contribution is -2.24. The van der Waals surface area contributed by atoms with Crippen LogP contribution < -0.4 is 0 Å². The minimum atomic E-state index is -3.54. The van der Waals surface area contributed by atoms with Crippen LogP contribution in [0.4, 0.5) is 0 Å². The molecule has 0 aliphatic rings. The Kier molecular flexibility index (Phi) is 14.6. The molecule has 708 valence electrons. The molecule has 0 fully saturated rings. The smallest absolute Gasteiger partial charge is 0.228 e. The van der Waals surface area contributed by atoms with Gasteiger partial charge in [-0.1, -0.05) is 215 Å². The molecule has 138 heavy (non-hydrogen) atoms. The van der Waals surface area contributed by atoms with Crippen LogP contribution in [-0.4, -0.2) is 205 Å². The minimum absolute atomic E-state index is 0.0103. The molecule has 0 bridgehead atoms. The second kappa shape index (κ2) is 43.7. The largest absolute Gasteiger partial charge is 0.348 e. The predicted molar refractivity (Wildman–Crippen MR) is 555 cm³/mol. The fourth-order valence-corrected chi connectivity index (χ4v) is 13.0. The Morgan fingerprint density at radius 2 is 0.428 bits per heavy atom. The molecule has 6 amide bonds. The zero-order chi connectivity index (χ0) is 153. The van der Waals surface area contributed by atoms with Gasteiger partial charge in [0.25, 0.3) is 0 Å². The third kappa shape index (κ3) is 24.1. The van der Waals surface area contributed by atoms with Gasteiger partial charge in [0.1, 0.15) is 33.9 Å². The van der Waals surface area contributed by atoms with E-state index in [1.807, 2.05) is 87.6 Å². The highest BCUT2D eigenvalue weighted by atomic mass is 16.2. The highest BCUT2D eigenvalue weighted by molar-refractivity contribution is 5.87. The van der Waals surface area contributed by atoms with Crippen molar-refractivity contribution in [1.82, 2.24) is 85.7 Å². The molecule has 24 nitrogen and oxygen atoms in total. The van der Waals surface area contributed by atoms with Crippen molar-refractivity contribution < 1.29 is 115 Å². The van der Waals surface area contributed by atoms with E-state index in [4.69, 9.17) is 86.4 Å². The standard InChI is InChI=1S/6C19H21N3O/c6*1-13-5-8-15(9-6-13)19-16(11-18(23)21(3)4)22-12-14(2)7-10-17(22)20-19/h6*5-10,12H,11H2,1-4H3/i1D3,2D3,3D3,4D3,5D,6D,8D,9D,11D;2D3,3D3,4D3,5D,6D,8D,9D,11D;1D3,3D3,4D3,5D,6D,8D,9D,11D;3D3,4D3,5D,6D,8D,9D,11D;2D3,11D2;11D2. The second-order valence-corrected chi connectivity index (χ2v) is 30.9. The highest BCUT2D eigenvalue weighted by Gasteiger charge is 2.26. The zero-order valence-electron chi connectivity index (χ0n) is 138. The molecule has 0 aliphatic carbocycles. The first kappa shape index (κ1) is 46.2. The van der Waals surface area contributed by atoms with Gasteiger partial charge in [-0.15, -0.1) is 0 Å². The number of aryl methyl sites for hydroxylation is 8. The van der Waals surface area contributed by atoms with Gasteiger partial charge in [0.05, 0.1) is 129 Å². The lowest BCUT2D eigenvalue weighted by molar-refractivity contribution is -0.128. The Bertz CT molecular complexity index is 10400. The van der Waals surface area contributed by atoms with E-state index in [0.717, 1.165) is 55.6 Å². The molecule has 0 aliphatic heterocycles. The number of pyridine rings is 6. The zero-order valence-corrected chi connectivity index (χ0v) is 75.3. The van der Waals surface area contributed by atoms with E-state index in [9.17, 15) is 28.8 Å². The van der Waals surface area contributed by atoms with E-state index in [2.05, 4.69) is 29.9 Å². The van der Waals surface area contributed by atoms with Crippen LogP contribution in [0.2, 0.25) is 0 Å². The number of carbonyl (C=O) groups is 6. The number of likely N-dealkylation sites (N-methyl/N-ethyl adjacent to an activating group) is 6. The molecule has 6 aromatic carbocycles. The number of hydrogen-bond donors (Lipinski definition) is 0. The third-order valence-corrected chi connectivity index (χ3v) is 19.8. The van der Waals surface area contributed by atoms with E-state index < -0.39 is 320 Å². The minimum Gasteiger partial charge on any atom is -0.348 e. The van der Waals surface area contributed by atoms with Gasteiger partial charge in [0, 0.05) is 219 Å². The topological polar surface area (TPSA) is 226 Å². The summed E-state index contributed by atoms with van der Waals surface area (Å²) >= 11 is 0. The first-order chi connectivity index (χ1) is 91.4. The van der Waals surface area contributed by atoms with Gasteiger partial charge in [0.2, 0.25) is 35.4 Å². The van der Waals surface area contributed by atoms with Crippen molar-refractivity contribution >= 4 is 69.3 Å². The van der Waals surface area contributed by atoms with Crippen LogP contribution in [0.15, 0.2) is 255 Å².